The third-order valence-corrected chi connectivity index (χ3v) is 6.87. The van der Waals surface area contributed by atoms with Gasteiger partial charge in [0.1, 0.15) is 5.69 Å². The minimum atomic E-state index is -4.56. The largest absolute Gasteiger partial charge is 0.433 e. The van der Waals surface area contributed by atoms with E-state index in [2.05, 4.69) is 9.97 Å². The minimum Gasteiger partial charge on any atom is -0.392 e. The van der Waals surface area contributed by atoms with Gasteiger partial charge in [0.15, 0.2) is 9.84 Å². The average molecular weight is 469 g/mol. The molecule has 0 atom stereocenters. The Labute approximate surface area is 183 Å². The third kappa shape index (κ3) is 3.83. The topological polar surface area (TPSA) is 88.3 Å². The highest BCUT2D eigenvalue weighted by atomic mass is 32.2. The molecule has 1 aromatic carbocycles. The number of benzene rings is 1. The molecule has 0 radical (unpaired) electrons. The molecule has 3 aromatic rings. The first kappa shape index (κ1) is 22.5. The quantitative estimate of drug-likeness (QED) is 0.631. The number of fused-ring (bicyclic) bond motifs is 3. The Kier molecular flexibility index (Phi) is 5.44. The lowest BCUT2D eigenvalue weighted by atomic mass is 9.98. The van der Waals surface area contributed by atoms with E-state index in [1.54, 1.807) is 17.0 Å². The second kappa shape index (κ2) is 7.73. The number of rotatable bonds is 4. The summed E-state index contributed by atoms with van der Waals surface area (Å²) in [6.07, 6.45) is -2.36. The summed E-state index contributed by atoms with van der Waals surface area (Å²) in [5.41, 5.74) is 1.89. The van der Waals surface area contributed by atoms with Crippen molar-refractivity contribution in [1.82, 2.24) is 14.5 Å². The van der Waals surface area contributed by atoms with Crippen molar-refractivity contribution in [2.24, 2.45) is 0 Å². The van der Waals surface area contributed by atoms with E-state index in [1.165, 1.54) is 0 Å². The molecule has 0 fully saturated rings. The number of aromatic nitrogens is 3. The fourth-order valence-corrected chi connectivity index (χ4v) is 5.27. The molecule has 1 aliphatic rings. The molecule has 3 heterocycles. The minimum absolute atomic E-state index is 0.00101. The number of anilines is 1. The van der Waals surface area contributed by atoms with Crippen LogP contribution in [0.1, 0.15) is 42.3 Å². The van der Waals surface area contributed by atoms with Gasteiger partial charge in [0.25, 0.3) is 0 Å². The molecule has 172 valence electrons. The van der Waals surface area contributed by atoms with E-state index in [9.17, 15) is 26.7 Å². The van der Waals surface area contributed by atoms with Crippen molar-refractivity contribution in [3.63, 3.8) is 0 Å². The Morgan fingerprint density at radius 1 is 1.22 bits per heavy atom. The number of aliphatic hydroxyl groups excluding tert-OH is 1. The van der Waals surface area contributed by atoms with Crippen LogP contribution in [-0.4, -0.2) is 40.9 Å². The number of nitrogens with zero attached hydrogens (tertiary/aromatic N) is 4. The average Bonchev–Trinajstić information content (AvgIpc) is 3.04. The highest BCUT2D eigenvalue weighted by Crippen LogP contribution is 2.38. The molecular formula is C21H23F3N4O3S. The molecule has 32 heavy (non-hydrogen) atoms. The SMILES string of the molecule is CC(C)c1c2n(c3cc(S(C)(=O)=O)c(CO)cc13)CCN(c1nccc(C(F)(F)F)n1)C2. The lowest BCUT2D eigenvalue weighted by molar-refractivity contribution is -0.141. The Bertz CT molecular complexity index is 1300. The molecule has 2 aromatic heterocycles. The summed E-state index contributed by atoms with van der Waals surface area (Å²) in [5, 5.41) is 10.6. The third-order valence-electron chi connectivity index (χ3n) is 5.69. The number of sulfone groups is 1. The number of halogens is 3. The Morgan fingerprint density at radius 2 is 1.94 bits per heavy atom. The molecule has 0 aliphatic carbocycles. The molecule has 0 saturated heterocycles. The fourth-order valence-electron chi connectivity index (χ4n) is 4.35. The second-order valence-corrected chi connectivity index (χ2v) is 10.2. The molecule has 0 saturated carbocycles. The Morgan fingerprint density at radius 3 is 2.53 bits per heavy atom. The Balaban J connectivity index is 1.87. The van der Waals surface area contributed by atoms with Crippen LogP contribution in [0.3, 0.4) is 0 Å². The maximum absolute atomic E-state index is 13.1. The van der Waals surface area contributed by atoms with Crippen LogP contribution in [0, 0.1) is 0 Å². The van der Waals surface area contributed by atoms with Gasteiger partial charge in [-0.2, -0.15) is 13.2 Å². The summed E-state index contributed by atoms with van der Waals surface area (Å²) in [7, 11) is -3.56. The molecule has 0 spiro atoms. The van der Waals surface area contributed by atoms with E-state index in [-0.39, 0.29) is 23.3 Å². The molecule has 0 amide bonds. The van der Waals surface area contributed by atoms with Gasteiger partial charge in [-0.1, -0.05) is 13.8 Å². The molecule has 7 nitrogen and oxygen atoms in total. The van der Waals surface area contributed by atoms with Crippen molar-refractivity contribution in [1.29, 1.82) is 0 Å². The van der Waals surface area contributed by atoms with E-state index in [0.717, 1.165) is 40.7 Å². The van der Waals surface area contributed by atoms with E-state index >= 15 is 0 Å². The fraction of sp³-hybridized carbons (Fsp3) is 0.429. The second-order valence-electron chi connectivity index (χ2n) is 8.24. The smallest absolute Gasteiger partial charge is 0.392 e. The van der Waals surface area contributed by atoms with Crippen LogP contribution in [0.2, 0.25) is 0 Å². The zero-order valence-corrected chi connectivity index (χ0v) is 18.6. The van der Waals surface area contributed by atoms with Crippen LogP contribution in [0.15, 0.2) is 29.3 Å². The highest BCUT2D eigenvalue weighted by molar-refractivity contribution is 7.90. The van der Waals surface area contributed by atoms with Crippen molar-refractivity contribution in [3.05, 3.63) is 46.9 Å². The molecular weight excluding hydrogens is 445 g/mol. The van der Waals surface area contributed by atoms with Gasteiger partial charge in [-0.25, -0.2) is 18.4 Å². The Hall–Kier alpha value is -2.66. The van der Waals surface area contributed by atoms with E-state index in [0.29, 0.717) is 18.7 Å². The normalized spacial score (nSPS) is 14.9. The van der Waals surface area contributed by atoms with Gasteiger partial charge in [0.2, 0.25) is 5.95 Å². The summed E-state index contributed by atoms with van der Waals surface area (Å²) in [4.78, 5) is 9.53. The van der Waals surface area contributed by atoms with Crippen LogP contribution in [0.5, 0.6) is 0 Å². The van der Waals surface area contributed by atoms with E-state index in [1.807, 2.05) is 18.4 Å². The lowest BCUT2D eigenvalue weighted by Crippen LogP contribution is -2.35. The van der Waals surface area contributed by atoms with Crippen LogP contribution >= 0.6 is 0 Å². The van der Waals surface area contributed by atoms with Gasteiger partial charge in [0, 0.05) is 42.1 Å². The summed E-state index contributed by atoms with van der Waals surface area (Å²) in [5.74, 6) is 0.0608. The summed E-state index contributed by atoms with van der Waals surface area (Å²) in [6, 6.07) is 4.13. The van der Waals surface area contributed by atoms with Crippen molar-refractivity contribution >= 4 is 26.7 Å². The zero-order chi connectivity index (χ0) is 23.4. The van der Waals surface area contributed by atoms with Gasteiger partial charge in [-0.3, -0.25) is 0 Å². The summed E-state index contributed by atoms with van der Waals surface area (Å²) >= 11 is 0. The van der Waals surface area contributed by atoms with Crippen LogP contribution < -0.4 is 4.90 Å². The van der Waals surface area contributed by atoms with Crippen molar-refractivity contribution in [3.8, 4) is 0 Å². The van der Waals surface area contributed by atoms with Crippen LogP contribution in [0.4, 0.5) is 19.1 Å². The van der Waals surface area contributed by atoms with Gasteiger partial charge >= 0.3 is 6.18 Å². The first-order chi connectivity index (χ1) is 14.9. The van der Waals surface area contributed by atoms with Crippen LogP contribution in [-0.2, 0) is 35.7 Å². The maximum atomic E-state index is 13.1. The predicted molar refractivity (Wildman–Crippen MR) is 113 cm³/mol. The van der Waals surface area contributed by atoms with Crippen molar-refractivity contribution in [2.45, 2.75) is 50.5 Å². The van der Waals surface area contributed by atoms with Crippen molar-refractivity contribution in [2.75, 3.05) is 17.7 Å². The summed E-state index contributed by atoms with van der Waals surface area (Å²) < 4.78 is 65.9. The highest BCUT2D eigenvalue weighted by Gasteiger charge is 2.34. The first-order valence-electron chi connectivity index (χ1n) is 10.1. The van der Waals surface area contributed by atoms with Gasteiger partial charge in [-0.05, 0) is 35.2 Å². The molecule has 0 bridgehead atoms. The van der Waals surface area contributed by atoms with E-state index < -0.39 is 28.3 Å². The number of hydrogen-bond donors (Lipinski definition) is 1. The molecule has 1 aliphatic heterocycles. The van der Waals surface area contributed by atoms with Gasteiger partial charge in [-0.15, -0.1) is 0 Å². The van der Waals surface area contributed by atoms with E-state index in [4.69, 9.17) is 0 Å². The lowest BCUT2D eigenvalue weighted by Gasteiger charge is -2.30. The molecule has 0 unspecified atom stereocenters. The van der Waals surface area contributed by atoms with Gasteiger partial charge in [0.05, 0.1) is 18.0 Å². The molecule has 11 heteroatoms. The van der Waals surface area contributed by atoms with Crippen LogP contribution in [0.25, 0.3) is 10.9 Å². The standard InChI is InChI=1S/C21H23F3N4O3S/c1-12(2)19-14-8-13(11-29)17(32(3,30)31)9-15(14)28-7-6-27(10-16(19)28)20-25-5-4-18(26-20)21(22,23)24/h4-5,8-9,12,29H,6-7,10-11H2,1-3H3. The monoisotopic (exact) mass is 468 g/mol. The predicted octanol–water partition coefficient (Wildman–Crippen LogP) is 3.49. The van der Waals surface area contributed by atoms with Gasteiger partial charge < -0.3 is 14.6 Å². The maximum Gasteiger partial charge on any atom is 0.433 e. The molecule has 4 rings (SSSR count). The summed E-state index contributed by atoms with van der Waals surface area (Å²) in [6.45, 7) is 4.66. The van der Waals surface area contributed by atoms with Crippen molar-refractivity contribution < 1.29 is 26.7 Å². The number of hydrogen-bond acceptors (Lipinski definition) is 6. The zero-order valence-electron chi connectivity index (χ0n) is 17.8. The number of aliphatic hydroxyl groups is 1. The first-order valence-corrected chi connectivity index (χ1v) is 11.9. The number of alkyl halides is 3. The molecule has 1 N–H and O–H groups in total.